The summed E-state index contributed by atoms with van der Waals surface area (Å²) in [5, 5.41) is 6.17. The minimum Gasteiger partial charge on any atom is -0.385 e. The first-order valence-electron chi connectivity index (χ1n) is 5.60. The largest absolute Gasteiger partial charge is 0.385 e. The molecule has 5 heteroatoms. The van der Waals surface area contributed by atoms with Gasteiger partial charge in [-0.2, -0.15) is 4.98 Å². The monoisotopic (exact) mass is 224 g/mol. The van der Waals surface area contributed by atoms with E-state index in [0.717, 1.165) is 31.8 Å². The van der Waals surface area contributed by atoms with Crippen molar-refractivity contribution in [1.29, 1.82) is 0 Å². The van der Waals surface area contributed by atoms with E-state index in [1.54, 1.807) is 13.3 Å². The number of aromatic nitrogens is 2. The first kappa shape index (κ1) is 12.7. The molecule has 0 aliphatic carbocycles. The summed E-state index contributed by atoms with van der Waals surface area (Å²) in [6.45, 7) is 1.78. The zero-order valence-electron chi connectivity index (χ0n) is 9.99. The summed E-state index contributed by atoms with van der Waals surface area (Å²) in [5.74, 6) is 1.51. The Labute approximate surface area is 96.6 Å². The van der Waals surface area contributed by atoms with Gasteiger partial charge in [0, 0.05) is 33.5 Å². The molecule has 0 aromatic carbocycles. The predicted molar refractivity (Wildman–Crippen MR) is 65.8 cm³/mol. The Morgan fingerprint density at radius 1 is 1.31 bits per heavy atom. The van der Waals surface area contributed by atoms with Gasteiger partial charge in [-0.1, -0.05) is 0 Å². The van der Waals surface area contributed by atoms with E-state index in [-0.39, 0.29) is 0 Å². The van der Waals surface area contributed by atoms with Crippen molar-refractivity contribution < 1.29 is 4.74 Å². The van der Waals surface area contributed by atoms with Gasteiger partial charge in [-0.3, -0.25) is 0 Å². The number of unbranched alkanes of at least 4 members (excludes halogenated alkanes) is 2. The summed E-state index contributed by atoms with van der Waals surface area (Å²) in [7, 11) is 3.54. The van der Waals surface area contributed by atoms with E-state index < -0.39 is 0 Å². The number of hydrogen-bond donors (Lipinski definition) is 2. The van der Waals surface area contributed by atoms with Crippen LogP contribution in [0.5, 0.6) is 0 Å². The van der Waals surface area contributed by atoms with Crippen molar-refractivity contribution in [3.63, 3.8) is 0 Å². The molecule has 16 heavy (non-hydrogen) atoms. The molecule has 0 amide bonds. The minimum absolute atomic E-state index is 0.643. The Morgan fingerprint density at radius 3 is 2.94 bits per heavy atom. The fourth-order valence-corrected chi connectivity index (χ4v) is 1.34. The number of rotatable bonds is 8. The lowest BCUT2D eigenvalue weighted by Gasteiger charge is -2.06. The van der Waals surface area contributed by atoms with Crippen LogP contribution in [0.2, 0.25) is 0 Å². The van der Waals surface area contributed by atoms with Crippen molar-refractivity contribution >= 4 is 11.8 Å². The van der Waals surface area contributed by atoms with Crippen LogP contribution >= 0.6 is 0 Å². The first-order valence-corrected chi connectivity index (χ1v) is 5.60. The predicted octanol–water partition coefficient (Wildman–Crippen LogP) is 1.75. The summed E-state index contributed by atoms with van der Waals surface area (Å²) in [4.78, 5) is 8.32. The second kappa shape index (κ2) is 7.87. The molecular formula is C11H20N4O. The number of methoxy groups -OCH3 is 1. The molecule has 0 radical (unpaired) electrons. The topological polar surface area (TPSA) is 59.1 Å². The highest BCUT2D eigenvalue weighted by Gasteiger charge is 1.96. The number of ether oxygens (including phenoxy) is 1. The Hall–Kier alpha value is -1.36. The summed E-state index contributed by atoms with van der Waals surface area (Å²) in [6.07, 6.45) is 5.16. The third-order valence-corrected chi connectivity index (χ3v) is 2.21. The maximum atomic E-state index is 4.99. The van der Waals surface area contributed by atoms with E-state index >= 15 is 0 Å². The molecule has 1 rings (SSSR count). The van der Waals surface area contributed by atoms with Gasteiger partial charge in [-0.25, -0.2) is 4.98 Å². The molecule has 0 spiro atoms. The van der Waals surface area contributed by atoms with Crippen LogP contribution in [-0.2, 0) is 4.74 Å². The average molecular weight is 224 g/mol. The third kappa shape index (κ3) is 4.93. The molecule has 1 aromatic heterocycles. The standard InChI is InChI=1S/C11H20N4O/c1-12-11-14-8-6-10(15-11)13-7-4-3-5-9-16-2/h6,8H,3-5,7,9H2,1-2H3,(H2,12,13,14,15). The summed E-state index contributed by atoms with van der Waals surface area (Å²) < 4.78 is 4.99. The van der Waals surface area contributed by atoms with Gasteiger partial charge in [0.2, 0.25) is 5.95 Å². The average Bonchev–Trinajstić information content (AvgIpc) is 2.34. The number of anilines is 2. The van der Waals surface area contributed by atoms with Crippen LogP contribution in [0.25, 0.3) is 0 Å². The van der Waals surface area contributed by atoms with Crippen LogP contribution in [0.3, 0.4) is 0 Å². The third-order valence-electron chi connectivity index (χ3n) is 2.21. The zero-order chi connectivity index (χ0) is 11.6. The Bertz CT molecular complexity index is 293. The highest BCUT2D eigenvalue weighted by atomic mass is 16.5. The molecule has 0 saturated heterocycles. The van der Waals surface area contributed by atoms with Gasteiger partial charge in [-0.05, 0) is 25.3 Å². The molecule has 2 N–H and O–H groups in total. The van der Waals surface area contributed by atoms with Crippen LogP contribution in [0, 0.1) is 0 Å². The van der Waals surface area contributed by atoms with Crippen molar-refractivity contribution in [3.05, 3.63) is 12.3 Å². The van der Waals surface area contributed by atoms with Gasteiger partial charge in [0.15, 0.2) is 0 Å². The van der Waals surface area contributed by atoms with Crippen molar-refractivity contribution in [2.24, 2.45) is 0 Å². The molecule has 0 atom stereocenters. The van der Waals surface area contributed by atoms with Gasteiger partial charge >= 0.3 is 0 Å². The van der Waals surface area contributed by atoms with Crippen LogP contribution in [-0.4, -0.2) is 37.3 Å². The van der Waals surface area contributed by atoms with E-state index in [2.05, 4.69) is 20.6 Å². The maximum Gasteiger partial charge on any atom is 0.224 e. The number of nitrogens with zero attached hydrogens (tertiary/aromatic N) is 2. The highest BCUT2D eigenvalue weighted by Crippen LogP contribution is 2.05. The Morgan fingerprint density at radius 2 is 2.19 bits per heavy atom. The highest BCUT2D eigenvalue weighted by molar-refractivity contribution is 5.38. The summed E-state index contributed by atoms with van der Waals surface area (Å²) >= 11 is 0. The zero-order valence-corrected chi connectivity index (χ0v) is 9.99. The molecule has 0 fully saturated rings. The van der Waals surface area contributed by atoms with Crippen LogP contribution in [0.1, 0.15) is 19.3 Å². The second-order valence-electron chi connectivity index (χ2n) is 3.50. The molecule has 0 aliphatic heterocycles. The van der Waals surface area contributed by atoms with Crippen molar-refractivity contribution in [1.82, 2.24) is 9.97 Å². The van der Waals surface area contributed by atoms with Crippen molar-refractivity contribution in [3.8, 4) is 0 Å². The maximum absolute atomic E-state index is 4.99. The van der Waals surface area contributed by atoms with E-state index in [1.807, 2.05) is 13.1 Å². The molecule has 1 aromatic rings. The quantitative estimate of drug-likeness (QED) is 0.659. The summed E-state index contributed by atoms with van der Waals surface area (Å²) in [6, 6.07) is 1.87. The first-order chi connectivity index (χ1) is 7.86. The smallest absolute Gasteiger partial charge is 0.224 e. The molecule has 90 valence electrons. The van der Waals surface area contributed by atoms with Crippen LogP contribution in [0.4, 0.5) is 11.8 Å². The fraction of sp³-hybridized carbons (Fsp3) is 0.636. The lowest BCUT2D eigenvalue weighted by Crippen LogP contribution is -2.05. The normalized spacial score (nSPS) is 10.1. The summed E-state index contributed by atoms with van der Waals surface area (Å²) in [5.41, 5.74) is 0. The van der Waals surface area contributed by atoms with Gasteiger partial charge < -0.3 is 15.4 Å². The molecule has 0 bridgehead atoms. The van der Waals surface area contributed by atoms with E-state index in [9.17, 15) is 0 Å². The van der Waals surface area contributed by atoms with Crippen molar-refractivity contribution in [2.45, 2.75) is 19.3 Å². The molecular weight excluding hydrogens is 204 g/mol. The van der Waals surface area contributed by atoms with Crippen LogP contribution < -0.4 is 10.6 Å². The SMILES string of the molecule is CNc1nccc(NCCCCCOC)n1. The van der Waals surface area contributed by atoms with E-state index in [1.165, 1.54) is 6.42 Å². The van der Waals surface area contributed by atoms with Gasteiger partial charge in [-0.15, -0.1) is 0 Å². The lowest BCUT2D eigenvalue weighted by molar-refractivity contribution is 0.192. The molecule has 0 aliphatic rings. The van der Waals surface area contributed by atoms with Gasteiger partial charge in [0.1, 0.15) is 5.82 Å². The molecule has 5 nitrogen and oxygen atoms in total. The van der Waals surface area contributed by atoms with Gasteiger partial charge in [0.05, 0.1) is 0 Å². The molecule has 1 heterocycles. The van der Waals surface area contributed by atoms with E-state index in [4.69, 9.17) is 4.74 Å². The van der Waals surface area contributed by atoms with Gasteiger partial charge in [0.25, 0.3) is 0 Å². The molecule has 0 saturated carbocycles. The van der Waals surface area contributed by atoms with Crippen LogP contribution in [0.15, 0.2) is 12.3 Å². The number of nitrogens with one attached hydrogen (secondary N) is 2. The fourth-order valence-electron chi connectivity index (χ4n) is 1.34. The minimum atomic E-state index is 0.643. The number of hydrogen-bond acceptors (Lipinski definition) is 5. The lowest BCUT2D eigenvalue weighted by atomic mass is 10.2. The molecule has 0 unspecified atom stereocenters. The second-order valence-corrected chi connectivity index (χ2v) is 3.50. The Kier molecular flexibility index (Phi) is 6.25. The van der Waals surface area contributed by atoms with E-state index in [0.29, 0.717) is 5.95 Å². The Balaban J connectivity index is 2.16. The van der Waals surface area contributed by atoms with Crippen molar-refractivity contribution in [2.75, 3.05) is 37.9 Å².